The van der Waals surface area contributed by atoms with E-state index in [9.17, 15) is 4.79 Å². The summed E-state index contributed by atoms with van der Waals surface area (Å²) < 4.78 is 3.68. The number of aromatic nitrogens is 6. The largest absolute Gasteiger partial charge is 0.276 e. The Hall–Kier alpha value is -3.26. The molecule has 0 fully saturated rings. The zero-order valence-corrected chi connectivity index (χ0v) is 17.6. The molecule has 30 heavy (non-hydrogen) atoms. The van der Waals surface area contributed by atoms with Crippen LogP contribution in [-0.4, -0.2) is 29.1 Å². The molecule has 0 N–H and O–H groups in total. The quantitative estimate of drug-likeness (QED) is 0.403. The molecular formula is C22H20N6OS. The van der Waals surface area contributed by atoms with Crippen molar-refractivity contribution in [3.63, 3.8) is 0 Å². The van der Waals surface area contributed by atoms with Gasteiger partial charge in [-0.25, -0.2) is 9.97 Å². The van der Waals surface area contributed by atoms with E-state index in [4.69, 9.17) is 4.98 Å². The molecule has 0 aliphatic carbocycles. The molecule has 5 aromatic rings. The summed E-state index contributed by atoms with van der Waals surface area (Å²) in [5, 5.41) is 10.2. The topological polar surface area (TPSA) is 78.0 Å². The smallest absolute Gasteiger partial charge is 0.262 e. The number of rotatable bonds is 5. The number of nitrogens with zero attached hydrogens (tertiary/aromatic N) is 6. The van der Waals surface area contributed by atoms with Crippen molar-refractivity contribution in [2.24, 2.45) is 0 Å². The minimum atomic E-state index is -0.0276. The maximum Gasteiger partial charge on any atom is 0.262 e. The average Bonchev–Trinajstić information content (AvgIpc) is 3.19. The lowest BCUT2D eigenvalue weighted by molar-refractivity contribution is 0.662. The summed E-state index contributed by atoms with van der Waals surface area (Å²) in [6, 6.07) is 15.5. The molecule has 0 amide bonds. The van der Waals surface area contributed by atoms with Crippen molar-refractivity contribution in [1.82, 2.24) is 29.1 Å². The monoisotopic (exact) mass is 416 g/mol. The summed E-state index contributed by atoms with van der Waals surface area (Å²) in [5.41, 5.74) is 4.39. The van der Waals surface area contributed by atoms with E-state index in [-0.39, 0.29) is 5.56 Å². The van der Waals surface area contributed by atoms with Crippen molar-refractivity contribution in [3.8, 4) is 0 Å². The molecule has 150 valence electrons. The van der Waals surface area contributed by atoms with E-state index in [1.165, 1.54) is 0 Å². The van der Waals surface area contributed by atoms with Crippen LogP contribution < -0.4 is 5.56 Å². The van der Waals surface area contributed by atoms with Crippen LogP contribution in [0.25, 0.3) is 27.7 Å². The molecule has 0 aliphatic heterocycles. The second-order valence-corrected chi connectivity index (χ2v) is 8.07. The Balaban J connectivity index is 1.60. The normalized spacial score (nSPS) is 11.7. The van der Waals surface area contributed by atoms with Gasteiger partial charge in [0.15, 0.2) is 5.16 Å². The van der Waals surface area contributed by atoms with Gasteiger partial charge in [-0.05, 0) is 37.6 Å². The first kappa shape index (κ1) is 18.7. The molecule has 5 rings (SSSR count). The van der Waals surface area contributed by atoms with E-state index in [1.54, 1.807) is 16.3 Å². The van der Waals surface area contributed by atoms with Crippen LogP contribution in [0.2, 0.25) is 0 Å². The number of para-hydroxylation sites is 3. The van der Waals surface area contributed by atoms with Crippen LogP contribution in [0, 0.1) is 6.92 Å². The van der Waals surface area contributed by atoms with E-state index < -0.39 is 0 Å². The number of benzene rings is 2. The Morgan fingerprint density at radius 1 is 0.967 bits per heavy atom. The van der Waals surface area contributed by atoms with Crippen molar-refractivity contribution in [1.29, 1.82) is 0 Å². The van der Waals surface area contributed by atoms with Gasteiger partial charge in [-0.1, -0.05) is 43.0 Å². The number of hydrogen-bond donors (Lipinski definition) is 0. The van der Waals surface area contributed by atoms with Crippen LogP contribution >= 0.6 is 11.8 Å². The lowest BCUT2D eigenvalue weighted by Crippen LogP contribution is -2.23. The summed E-state index contributed by atoms with van der Waals surface area (Å²) in [7, 11) is 0. The molecule has 7 nitrogen and oxygen atoms in total. The van der Waals surface area contributed by atoms with Crippen LogP contribution in [0.3, 0.4) is 0 Å². The molecule has 0 saturated heterocycles. The zero-order chi connectivity index (χ0) is 20.7. The van der Waals surface area contributed by atoms with Crippen molar-refractivity contribution in [3.05, 3.63) is 70.3 Å². The van der Waals surface area contributed by atoms with Crippen LogP contribution in [0.15, 0.2) is 58.5 Å². The van der Waals surface area contributed by atoms with Crippen LogP contribution in [0.4, 0.5) is 0 Å². The minimum Gasteiger partial charge on any atom is -0.276 e. The Kier molecular flexibility index (Phi) is 4.71. The summed E-state index contributed by atoms with van der Waals surface area (Å²) >= 11 is 1.55. The van der Waals surface area contributed by atoms with Crippen LogP contribution in [0.1, 0.15) is 24.7 Å². The first-order chi connectivity index (χ1) is 14.7. The van der Waals surface area contributed by atoms with Gasteiger partial charge in [-0.2, -0.15) is 0 Å². The fourth-order valence-electron chi connectivity index (χ4n) is 3.65. The van der Waals surface area contributed by atoms with Gasteiger partial charge >= 0.3 is 0 Å². The number of hydrogen-bond acceptors (Lipinski definition) is 6. The van der Waals surface area contributed by atoms with Crippen LogP contribution in [-0.2, 0) is 12.3 Å². The van der Waals surface area contributed by atoms with Gasteiger partial charge in [-0.15, -0.1) is 10.2 Å². The molecule has 0 spiro atoms. The number of thioether (sulfide) groups is 1. The maximum absolute atomic E-state index is 12.9. The van der Waals surface area contributed by atoms with Gasteiger partial charge in [0, 0.05) is 12.3 Å². The molecule has 0 radical (unpaired) electrons. The van der Waals surface area contributed by atoms with E-state index in [2.05, 4.69) is 15.2 Å². The summed E-state index contributed by atoms with van der Waals surface area (Å²) in [6.45, 7) is 4.63. The lowest BCUT2D eigenvalue weighted by atomic mass is 10.2. The predicted molar refractivity (Wildman–Crippen MR) is 119 cm³/mol. The maximum atomic E-state index is 12.9. The first-order valence-electron chi connectivity index (χ1n) is 9.89. The van der Waals surface area contributed by atoms with Gasteiger partial charge in [-0.3, -0.25) is 13.8 Å². The zero-order valence-electron chi connectivity index (χ0n) is 16.7. The van der Waals surface area contributed by atoms with Crippen LogP contribution in [0.5, 0.6) is 0 Å². The van der Waals surface area contributed by atoms with E-state index in [1.807, 2.05) is 66.8 Å². The average molecular weight is 417 g/mol. The van der Waals surface area contributed by atoms with E-state index in [0.717, 1.165) is 39.5 Å². The van der Waals surface area contributed by atoms with Gasteiger partial charge < -0.3 is 0 Å². The Morgan fingerprint density at radius 2 is 1.70 bits per heavy atom. The standard InChI is InChI=1S/C22H20N6OS/c1-3-12-27-20(29)15-8-4-7-11-19(15)28-21(27)25-26-22(28)30-13-18-14(2)23-16-9-5-6-10-17(16)24-18/h4-11H,3,12-13H2,1-2H3. The predicted octanol–water partition coefficient (Wildman–Crippen LogP) is 4.00. The third-order valence-electron chi connectivity index (χ3n) is 5.11. The molecule has 2 aromatic carbocycles. The van der Waals surface area contributed by atoms with Gasteiger partial charge in [0.1, 0.15) is 0 Å². The molecule has 0 atom stereocenters. The van der Waals surface area contributed by atoms with Crippen molar-refractivity contribution in [2.75, 3.05) is 0 Å². The highest BCUT2D eigenvalue weighted by molar-refractivity contribution is 7.98. The third kappa shape index (κ3) is 3.04. The minimum absolute atomic E-state index is 0.0276. The molecule has 8 heteroatoms. The van der Waals surface area contributed by atoms with Gasteiger partial charge in [0.2, 0.25) is 5.78 Å². The Morgan fingerprint density at radius 3 is 2.50 bits per heavy atom. The Labute approximate surface area is 176 Å². The SMILES string of the molecule is CCCn1c(=O)c2ccccc2n2c(SCc3nc4ccccc4nc3C)nnc12. The molecule has 3 heterocycles. The van der Waals surface area contributed by atoms with Gasteiger partial charge in [0.05, 0.1) is 33.3 Å². The Bertz CT molecular complexity index is 1460. The van der Waals surface area contributed by atoms with E-state index in [0.29, 0.717) is 23.5 Å². The first-order valence-corrected chi connectivity index (χ1v) is 10.9. The fourth-order valence-corrected chi connectivity index (χ4v) is 4.59. The summed E-state index contributed by atoms with van der Waals surface area (Å²) in [5.74, 6) is 1.19. The summed E-state index contributed by atoms with van der Waals surface area (Å²) in [6.07, 6.45) is 0.842. The summed E-state index contributed by atoms with van der Waals surface area (Å²) in [4.78, 5) is 22.4. The number of fused-ring (bicyclic) bond motifs is 4. The van der Waals surface area contributed by atoms with Crippen molar-refractivity contribution >= 4 is 39.5 Å². The molecular weight excluding hydrogens is 396 g/mol. The highest BCUT2D eigenvalue weighted by atomic mass is 32.2. The lowest BCUT2D eigenvalue weighted by Gasteiger charge is -2.10. The van der Waals surface area contributed by atoms with Gasteiger partial charge in [0.25, 0.3) is 5.56 Å². The highest BCUT2D eigenvalue weighted by Crippen LogP contribution is 2.25. The molecule has 0 saturated carbocycles. The molecule has 3 aromatic heterocycles. The second-order valence-electron chi connectivity index (χ2n) is 7.13. The molecule has 0 bridgehead atoms. The van der Waals surface area contributed by atoms with Crippen molar-refractivity contribution < 1.29 is 0 Å². The second kappa shape index (κ2) is 7.53. The molecule has 0 aliphatic rings. The van der Waals surface area contributed by atoms with E-state index >= 15 is 0 Å². The van der Waals surface area contributed by atoms with Crippen molar-refractivity contribution in [2.45, 2.75) is 37.7 Å². The number of aryl methyl sites for hydroxylation is 2. The fraction of sp³-hybridized carbons (Fsp3) is 0.227. The highest BCUT2D eigenvalue weighted by Gasteiger charge is 2.17. The molecule has 0 unspecified atom stereocenters. The third-order valence-corrected chi connectivity index (χ3v) is 6.05.